The zero-order chi connectivity index (χ0) is 9.03. The first kappa shape index (κ1) is 9.86. The number of carbonyl (C=O) groups is 1. The van der Waals surface area contributed by atoms with E-state index < -0.39 is 5.97 Å². The molecule has 0 aromatic heterocycles. The van der Waals surface area contributed by atoms with Gasteiger partial charge in [-0.3, -0.25) is 4.79 Å². The van der Waals surface area contributed by atoms with E-state index in [9.17, 15) is 4.79 Å². The van der Waals surface area contributed by atoms with Crippen LogP contribution in [0.4, 0.5) is 0 Å². The monoisotopic (exact) mass is 189 g/mol. The van der Waals surface area contributed by atoms with Crippen molar-refractivity contribution in [3.63, 3.8) is 0 Å². The van der Waals surface area contributed by atoms with Crippen molar-refractivity contribution in [1.29, 1.82) is 0 Å². The Bertz CT molecular complexity index is 166. The van der Waals surface area contributed by atoms with E-state index in [1.165, 1.54) is 0 Å². The Labute approximate surface area is 76.7 Å². The van der Waals surface area contributed by atoms with Crippen molar-refractivity contribution in [2.45, 2.75) is 19.3 Å². The smallest absolute Gasteiger partial charge is 0.303 e. The zero-order valence-corrected chi connectivity index (χ0v) is 7.90. The van der Waals surface area contributed by atoms with E-state index in [0.29, 0.717) is 6.54 Å². The largest absolute Gasteiger partial charge is 0.481 e. The molecule has 0 aromatic carbocycles. The van der Waals surface area contributed by atoms with Crippen molar-refractivity contribution in [2.24, 2.45) is 11.1 Å². The van der Waals surface area contributed by atoms with Crippen LogP contribution in [-0.2, 0) is 4.79 Å². The van der Waals surface area contributed by atoms with Gasteiger partial charge in [-0.15, -0.1) is 0 Å². The Morgan fingerprint density at radius 1 is 1.50 bits per heavy atom. The second kappa shape index (κ2) is 4.14. The van der Waals surface area contributed by atoms with Gasteiger partial charge in [-0.2, -0.15) is 11.8 Å². The van der Waals surface area contributed by atoms with Crippen LogP contribution in [0.5, 0.6) is 0 Å². The average molecular weight is 189 g/mol. The second-order valence-electron chi connectivity index (χ2n) is 3.39. The highest BCUT2D eigenvalue weighted by molar-refractivity contribution is 7.99. The molecule has 0 unspecified atom stereocenters. The first-order valence-corrected chi connectivity index (χ1v) is 5.34. The maximum atomic E-state index is 10.6. The molecule has 4 heteroatoms. The van der Waals surface area contributed by atoms with Crippen LogP contribution in [0.25, 0.3) is 0 Å². The van der Waals surface area contributed by atoms with Gasteiger partial charge < -0.3 is 10.8 Å². The lowest BCUT2D eigenvalue weighted by atomic mass is 9.79. The van der Waals surface area contributed by atoms with E-state index in [1.54, 1.807) is 0 Å². The second-order valence-corrected chi connectivity index (χ2v) is 4.61. The van der Waals surface area contributed by atoms with Crippen LogP contribution in [0, 0.1) is 5.41 Å². The molecule has 0 radical (unpaired) electrons. The molecule has 70 valence electrons. The average Bonchev–Trinajstić information content (AvgIpc) is 2.05. The molecule has 1 fully saturated rings. The SMILES string of the molecule is NCC1(CC(=O)O)CCSCC1. The molecule has 0 saturated carbocycles. The number of hydrogen-bond acceptors (Lipinski definition) is 3. The molecule has 1 rings (SSSR count). The van der Waals surface area contributed by atoms with E-state index in [0.717, 1.165) is 24.3 Å². The molecule has 1 aliphatic heterocycles. The summed E-state index contributed by atoms with van der Waals surface area (Å²) in [6.07, 6.45) is 2.16. The maximum Gasteiger partial charge on any atom is 0.303 e. The van der Waals surface area contributed by atoms with Crippen LogP contribution in [0.15, 0.2) is 0 Å². The molecule has 1 saturated heterocycles. The minimum absolute atomic E-state index is 0.100. The summed E-state index contributed by atoms with van der Waals surface area (Å²) in [7, 11) is 0. The number of thioether (sulfide) groups is 1. The Morgan fingerprint density at radius 3 is 2.50 bits per heavy atom. The molecule has 12 heavy (non-hydrogen) atoms. The van der Waals surface area contributed by atoms with Gasteiger partial charge in [0.15, 0.2) is 0 Å². The lowest BCUT2D eigenvalue weighted by Gasteiger charge is -2.34. The topological polar surface area (TPSA) is 63.3 Å². The van der Waals surface area contributed by atoms with Crippen molar-refractivity contribution in [3.05, 3.63) is 0 Å². The van der Waals surface area contributed by atoms with Gasteiger partial charge in [0.05, 0.1) is 6.42 Å². The van der Waals surface area contributed by atoms with Crippen LogP contribution in [0.2, 0.25) is 0 Å². The normalized spacial score (nSPS) is 22.1. The van der Waals surface area contributed by atoms with E-state index in [4.69, 9.17) is 10.8 Å². The standard InChI is InChI=1S/C8H15NO2S/c9-6-8(5-7(10)11)1-3-12-4-2-8/h1-6,9H2,(H,10,11). The van der Waals surface area contributed by atoms with E-state index in [-0.39, 0.29) is 11.8 Å². The van der Waals surface area contributed by atoms with Gasteiger partial charge in [-0.1, -0.05) is 0 Å². The van der Waals surface area contributed by atoms with E-state index >= 15 is 0 Å². The van der Waals surface area contributed by atoms with Gasteiger partial charge in [-0.25, -0.2) is 0 Å². The quantitative estimate of drug-likeness (QED) is 0.693. The summed E-state index contributed by atoms with van der Waals surface area (Å²) in [5, 5.41) is 8.70. The molecule has 0 aliphatic carbocycles. The molecule has 3 N–H and O–H groups in total. The summed E-state index contributed by atoms with van der Waals surface area (Å²) in [6, 6.07) is 0. The Kier molecular flexibility index (Phi) is 3.40. The summed E-state index contributed by atoms with van der Waals surface area (Å²) < 4.78 is 0. The molecule has 1 heterocycles. The van der Waals surface area contributed by atoms with Crippen molar-refractivity contribution in [3.8, 4) is 0 Å². The van der Waals surface area contributed by atoms with Crippen LogP contribution in [0.1, 0.15) is 19.3 Å². The number of aliphatic carboxylic acids is 1. The van der Waals surface area contributed by atoms with Gasteiger partial charge in [0, 0.05) is 0 Å². The lowest BCUT2D eigenvalue weighted by Crippen LogP contribution is -2.36. The molecule has 0 atom stereocenters. The van der Waals surface area contributed by atoms with Gasteiger partial charge in [0.25, 0.3) is 0 Å². The summed E-state index contributed by atoms with van der Waals surface area (Å²) in [6.45, 7) is 0.514. The third kappa shape index (κ3) is 2.38. The molecule has 0 aromatic rings. The fourth-order valence-electron chi connectivity index (χ4n) is 1.58. The third-order valence-corrected chi connectivity index (χ3v) is 3.50. The third-order valence-electron chi connectivity index (χ3n) is 2.51. The summed E-state index contributed by atoms with van der Waals surface area (Å²) in [5.74, 6) is 1.40. The molecular weight excluding hydrogens is 174 g/mol. The molecule has 1 aliphatic rings. The Morgan fingerprint density at radius 2 is 2.08 bits per heavy atom. The molecule has 3 nitrogen and oxygen atoms in total. The van der Waals surface area contributed by atoms with Gasteiger partial charge in [0.1, 0.15) is 0 Å². The predicted octanol–water partition coefficient (Wildman–Crippen LogP) is 0.933. The summed E-state index contributed by atoms with van der Waals surface area (Å²) in [5.41, 5.74) is 5.51. The first-order valence-electron chi connectivity index (χ1n) is 4.18. The van der Waals surface area contributed by atoms with E-state index in [2.05, 4.69) is 0 Å². The van der Waals surface area contributed by atoms with Crippen molar-refractivity contribution in [1.82, 2.24) is 0 Å². The minimum Gasteiger partial charge on any atom is -0.481 e. The van der Waals surface area contributed by atoms with Crippen molar-refractivity contribution in [2.75, 3.05) is 18.1 Å². The van der Waals surface area contributed by atoms with Crippen LogP contribution in [0.3, 0.4) is 0 Å². The number of carboxylic acids is 1. The van der Waals surface area contributed by atoms with Crippen molar-refractivity contribution < 1.29 is 9.90 Å². The van der Waals surface area contributed by atoms with Crippen LogP contribution in [-0.4, -0.2) is 29.1 Å². The number of rotatable bonds is 3. The maximum absolute atomic E-state index is 10.6. The molecule has 0 amide bonds. The summed E-state index contributed by atoms with van der Waals surface area (Å²) in [4.78, 5) is 10.6. The number of hydrogen-bond donors (Lipinski definition) is 2. The Hall–Kier alpha value is -0.220. The van der Waals surface area contributed by atoms with E-state index in [1.807, 2.05) is 11.8 Å². The first-order chi connectivity index (χ1) is 5.68. The van der Waals surface area contributed by atoms with Gasteiger partial charge >= 0.3 is 5.97 Å². The number of nitrogens with two attached hydrogens (primary N) is 1. The van der Waals surface area contributed by atoms with Gasteiger partial charge in [-0.05, 0) is 36.3 Å². The molecule has 0 spiro atoms. The highest BCUT2D eigenvalue weighted by Crippen LogP contribution is 2.36. The molecule has 0 bridgehead atoms. The van der Waals surface area contributed by atoms with Gasteiger partial charge in [0.2, 0.25) is 0 Å². The zero-order valence-electron chi connectivity index (χ0n) is 7.08. The van der Waals surface area contributed by atoms with Crippen LogP contribution < -0.4 is 5.73 Å². The summed E-state index contributed by atoms with van der Waals surface area (Å²) >= 11 is 1.89. The fraction of sp³-hybridized carbons (Fsp3) is 0.875. The Balaban J connectivity index is 2.53. The fourth-order valence-corrected chi connectivity index (χ4v) is 2.94. The predicted molar refractivity (Wildman–Crippen MR) is 50.3 cm³/mol. The molecular formula is C8H15NO2S. The minimum atomic E-state index is -0.715. The lowest BCUT2D eigenvalue weighted by molar-refractivity contribution is -0.139. The van der Waals surface area contributed by atoms with Crippen LogP contribution >= 0.6 is 11.8 Å². The van der Waals surface area contributed by atoms with Crippen molar-refractivity contribution >= 4 is 17.7 Å². The highest BCUT2D eigenvalue weighted by atomic mass is 32.2. The number of carboxylic acid groups (broad SMARTS) is 1. The highest BCUT2D eigenvalue weighted by Gasteiger charge is 2.33.